The third-order valence-corrected chi connectivity index (χ3v) is 6.64. The molecule has 0 unspecified atom stereocenters. The molecule has 0 aliphatic heterocycles. The van der Waals surface area contributed by atoms with Crippen LogP contribution in [0.25, 0.3) is 22.0 Å². The Balaban J connectivity index is 1.52. The van der Waals surface area contributed by atoms with Gasteiger partial charge in [0.25, 0.3) is 0 Å². The zero-order valence-electron chi connectivity index (χ0n) is 13.9. The van der Waals surface area contributed by atoms with Crippen molar-refractivity contribution in [2.45, 2.75) is 24.4 Å². The van der Waals surface area contributed by atoms with Gasteiger partial charge in [0.2, 0.25) is 0 Å². The zero-order chi connectivity index (χ0) is 17.9. The summed E-state index contributed by atoms with van der Waals surface area (Å²) in [6, 6.07) is 9.82. The highest BCUT2D eigenvalue weighted by Crippen LogP contribution is 2.30. The number of aromatic nitrogens is 4. The van der Waals surface area contributed by atoms with Crippen LogP contribution in [0, 0.1) is 0 Å². The standard InChI is InChI=1S/C18H15ClN4S3/c1-2-23-16(12-4-3-5-14(19)8-12)21-22-18(23)26-11-15-10-25-17(20-15)13-6-7-24-9-13/h3-10H,2,11H2,1H3. The molecule has 3 aromatic heterocycles. The lowest BCUT2D eigenvalue weighted by molar-refractivity contribution is 0.687. The Morgan fingerprint density at radius 1 is 1.15 bits per heavy atom. The molecule has 0 aliphatic rings. The van der Waals surface area contributed by atoms with Gasteiger partial charge in [-0.3, -0.25) is 0 Å². The van der Waals surface area contributed by atoms with Gasteiger partial charge in [-0.2, -0.15) is 11.3 Å². The predicted molar refractivity (Wildman–Crippen MR) is 111 cm³/mol. The van der Waals surface area contributed by atoms with Crippen molar-refractivity contribution in [1.29, 1.82) is 0 Å². The first-order chi connectivity index (χ1) is 12.7. The molecule has 4 rings (SSSR count). The number of hydrogen-bond acceptors (Lipinski definition) is 6. The minimum Gasteiger partial charge on any atom is -0.302 e. The molecule has 4 aromatic rings. The Bertz CT molecular complexity index is 1010. The van der Waals surface area contributed by atoms with E-state index in [9.17, 15) is 0 Å². The predicted octanol–water partition coefficient (Wildman–Crippen LogP) is 6.10. The van der Waals surface area contributed by atoms with Crippen LogP contribution >= 0.6 is 46.0 Å². The van der Waals surface area contributed by atoms with Gasteiger partial charge < -0.3 is 4.57 Å². The van der Waals surface area contributed by atoms with E-state index in [1.807, 2.05) is 24.3 Å². The Hall–Kier alpha value is -1.67. The van der Waals surface area contributed by atoms with Crippen molar-refractivity contribution < 1.29 is 0 Å². The molecule has 0 N–H and O–H groups in total. The van der Waals surface area contributed by atoms with Gasteiger partial charge in [0.05, 0.1) is 5.69 Å². The Kier molecular flexibility index (Phi) is 5.40. The molecule has 0 saturated carbocycles. The van der Waals surface area contributed by atoms with Gasteiger partial charge in [-0.05, 0) is 30.5 Å². The molecule has 0 saturated heterocycles. The molecule has 0 amide bonds. The summed E-state index contributed by atoms with van der Waals surface area (Å²) in [6.07, 6.45) is 0. The molecule has 132 valence electrons. The maximum Gasteiger partial charge on any atom is 0.191 e. The summed E-state index contributed by atoms with van der Waals surface area (Å²) >= 11 is 11.1. The van der Waals surface area contributed by atoms with Crippen LogP contribution in [0.15, 0.2) is 51.6 Å². The molecule has 0 bridgehead atoms. The zero-order valence-corrected chi connectivity index (χ0v) is 17.1. The van der Waals surface area contributed by atoms with E-state index in [4.69, 9.17) is 16.6 Å². The SMILES string of the molecule is CCn1c(SCc2csc(-c3ccsc3)n2)nnc1-c1cccc(Cl)c1. The lowest BCUT2D eigenvalue weighted by Gasteiger charge is -2.07. The summed E-state index contributed by atoms with van der Waals surface area (Å²) < 4.78 is 2.11. The first kappa shape index (κ1) is 17.7. The van der Waals surface area contributed by atoms with Gasteiger partial charge in [0, 0.05) is 39.2 Å². The maximum atomic E-state index is 6.11. The fourth-order valence-corrected chi connectivity index (χ4v) is 5.27. The van der Waals surface area contributed by atoms with E-state index in [1.165, 1.54) is 5.56 Å². The summed E-state index contributed by atoms with van der Waals surface area (Å²) in [5.41, 5.74) is 3.24. The molecular weight excluding hydrogens is 404 g/mol. The molecule has 0 atom stereocenters. The van der Waals surface area contributed by atoms with Gasteiger partial charge in [-0.15, -0.1) is 21.5 Å². The highest BCUT2D eigenvalue weighted by atomic mass is 35.5. The van der Waals surface area contributed by atoms with Crippen molar-refractivity contribution in [2.75, 3.05) is 0 Å². The normalized spacial score (nSPS) is 11.2. The van der Waals surface area contributed by atoms with E-state index in [0.29, 0.717) is 5.02 Å². The Labute approximate surface area is 168 Å². The van der Waals surface area contributed by atoms with Crippen molar-refractivity contribution >= 4 is 46.0 Å². The second-order valence-corrected chi connectivity index (χ2v) is 8.52. The van der Waals surface area contributed by atoms with Crippen LogP contribution in [-0.4, -0.2) is 19.7 Å². The van der Waals surface area contributed by atoms with Gasteiger partial charge in [0.15, 0.2) is 11.0 Å². The van der Waals surface area contributed by atoms with E-state index >= 15 is 0 Å². The minimum absolute atomic E-state index is 0.700. The van der Waals surface area contributed by atoms with E-state index in [1.54, 1.807) is 34.4 Å². The number of rotatable bonds is 6. The number of nitrogens with zero attached hydrogens (tertiary/aromatic N) is 4. The van der Waals surface area contributed by atoms with E-state index in [2.05, 4.69) is 43.9 Å². The summed E-state index contributed by atoms with van der Waals surface area (Å²) in [6.45, 7) is 2.90. The molecule has 8 heteroatoms. The second kappa shape index (κ2) is 7.92. The third kappa shape index (κ3) is 3.71. The number of halogens is 1. The lowest BCUT2D eigenvalue weighted by atomic mass is 10.2. The fraction of sp³-hybridized carbons (Fsp3) is 0.167. The van der Waals surface area contributed by atoms with Gasteiger partial charge in [0.1, 0.15) is 5.01 Å². The summed E-state index contributed by atoms with van der Waals surface area (Å²) in [4.78, 5) is 4.73. The molecule has 0 spiro atoms. The minimum atomic E-state index is 0.700. The van der Waals surface area contributed by atoms with Gasteiger partial charge >= 0.3 is 0 Å². The van der Waals surface area contributed by atoms with Crippen LogP contribution in [0.3, 0.4) is 0 Å². The van der Waals surface area contributed by atoms with E-state index in [-0.39, 0.29) is 0 Å². The van der Waals surface area contributed by atoms with Crippen molar-refractivity contribution in [3.63, 3.8) is 0 Å². The van der Waals surface area contributed by atoms with Crippen LogP contribution in [0.5, 0.6) is 0 Å². The number of thiazole rings is 1. The Morgan fingerprint density at radius 3 is 2.85 bits per heavy atom. The van der Waals surface area contributed by atoms with Crippen LogP contribution in [0.4, 0.5) is 0 Å². The third-order valence-electron chi connectivity index (χ3n) is 3.78. The maximum absolute atomic E-state index is 6.11. The number of thiophene rings is 1. The average molecular weight is 419 g/mol. The smallest absolute Gasteiger partial charge is 0.191 e. The van der Waals surface area contributed by atoms with Crippen LogP contribution in [0.1, 0.15) is 12.6 Å². The monoisotopic (exact) mass is 418 g/mol. The molecule has 26 heavy (non-hydrogen) atoms. The number of thioether (sulfide) groups is 1. The van der Waals surface area contributed by atoms with Crippen molar-refractivity contribution in [3.05, 3.63) is 57.2 Å². The van der Waals surface area contributed by atoms with Crippen LogP contribution in [-0.2, 0) is 12.3 Å². The van der Waals surface area contributed by atoms with Crippen molar-refractivity contribution in [3.8, 4) is 22.0 Å². The van der Waals surface area contributed by atoms with Crippen molar-refractivity contribution in [2.24, 2.45) is 0 Å². The van der Waals surface area contributed by atoms with Crippen molar-refractivity contribution in [1.82, 2.24) is 19.7 Å². The summed E-state index contributed by atoms with van der Waals surface area (Å²) in [5.74, 6) is 1.61. The summed E-state index contributed by atoms with van der Waals surface area (Å²) in [5, 5.41) is 17.7. The molecule has 3 heterocycles. The first-order valence-electron chi connectivity index (χ1n) is 8.03. The van der Waals surface area contributed by atoms with Gasteiger partial charge in [-0.1, -0.05) is 35.5 Å². The molecule has 0 fully saturated rings. The first-order valence-corrected chi connectivity index (χ1v) is 11.2. The van der Waals surface area contributed by atoms with Crippen LogP contribution in [0.2, 0.25) is 5.02 Å². The Morgan fingerprint density at radius 2 is 2.08 bits per heavy atom. The molecular formula is C18H15ClN4S3. The number of hydrogen-bond donors (Lipinski definition) is 0. The largest absolute Gasteiger partial charge is 0.302 e. The highest BCUT2D eigenvalue weighted by molar-refractivity contribution is 7.98. The molecule has 1 aromatic carbocycles. The molecule has 0 radical (unpaired) electrons. The summed E-state index contributed by atoms with van der Waals surface area (Å²) in [7, 11) is 0. The van der Waals surface area contributed by atoms with E-state index < -0.39 is 0 Å². The quantitative estimate of drug-likeness (QED) is 0.355. The van der Waals surface area contributed by atoms with Gasteiger partial charge in [-0.25, -0.2) is 4.98 Å². The second-order valence-electron chi connectivity index (χ2n) is 5.51. The molecule has 0 aliphatic carbocycles. The molecule has 4 nitrogen and oxygen atoms in total. The number of benzene rings is 1. The topological polar surface area (TPSA) is 43.6 Å². The van der Waals surface area contributed by atoms with E-state index in [0.717, 1.165) is 39.5 Å². The van der Waals surface area contributed by atoms with Crippen LogP contribution < -0.4 is 0 Å². The highest BCUT2D eigenvalue weighted by Gasteiger charge is 2.14. The average Bonchev–Trinajstić information content (AvgIpc) is 3.38. The lowest BCUT2D eigenvalue weighted by Crippen LogP contribution is -2.00. The fourth-order valence-electron chi connectivity index (χ4n) is 2.55.